The molecule has 1 fully saturated rings. The van der Waals surface area contributed by atoms with Crippen LogP contribution < -0.4 is 0 Å². The zero-order chi connectivity index (χ0) is 11.8. The molecule has 0 aliphatic carbocycles. The highest BCUT2D eigenvalue weighted by atomic mass is 16.5. The molecule has 1 aliphatic heterocycles. The van der Waals surface area contributed by atoms with E-state index in [0.717, 1.165) is 45.3 Å². The van der Waals surface area contributed by atoms with E-state index in [0.29, 0.717) is 13.0 Å². The summed E-state index contributed by atoms with van der Waals surface area (Å²) in [5.74, 6) is -0.0961. The van der Waals surface area contributed by atoms with E-state index in [1.807, 2.05) is 6.92 Å². The number of unbranched alkanes of at least 4 members (excludes halogenated alkanes) is 1. The van der Waals surface area contributed by atoms with Gasteiger partial charge < -0.3 is 14.7 Å². The second-order valence-electron chi connectivity index (χ2n) is 4.36. The van der Waals surface area contributed by atoms with Crippen molar-refractivity contribution in [2.24, 2.45) is 0 Å². The first kappa shape index (κ1) is 13.5. The molecule has 0 radical (unpaired) electrons. The molecule has 1 heterocycles. The van der Waals surface area contributed by atoms with E-state index in [1.54, 1.807) is 0 Å². The van der Waals surface area contributed by atoms with Crippen LogP contribution in [-0.4, -0.2) is 48.3 Å². The number of rotatable bonds is 6. The van der Waals surface area contributed by atoms with Crippen LogP contribution in [0.5, 0.6) is 0 Å². The first-order chi connectivity index (χ1) is 7.72. The number of hydrogen-bond donors (Lipinski definition) is 1. The van der Waals surface area contributed by atoms with E-state index in [4.69, 9.17) is 4.74 Å². The van der Waals surface area contributed by atoms with Gasteiger partial charge >= 0.3 is 5.97 Å². The van der Waals surface area contributed by atoms with Gasteiger partial charge in [0, 0.05) is 13.0 Å². The van der Waals surface area contributed by atoms with Gasteiger partial charge in [-0.1, -0.05) is 0 Å². The average Bonchev–Trinajstić information content (AvgIpc) is 2.25. The molecule has 0 spiro atoms. The third kappa shape index (κ3) is 5.47. The van der Waals surface area contributed by atoms with Crippen molar-refractivity contribution in [1.29, 1.82) is 0 Å². The lowest BCUT2D eigenvalue weighted by molar-refractivity contribution is -0.143. The molecule has 1 unspecified atom stereocenters. The summed E-state index contributed by atoms with van der Waals surface area (Å²) in [5.41, 5.74) is 0. The van der Waals surface area contributed by atoms with Crippen LogP contribution in [0.3, 0.4) is 0 Å². The van der Waals surface area contributed by atoms with Gasteiger partial charge in [0.05, 0.1) is 12.7 Å². The molecule has 4 nitrogen and oxygen atoms in total. The molecule has 1 atom stereocenters. The Morgan fingerprint density at radius 1 is 1.50 bits per heavy atom. The standard InChI is InChI=1S/C12H23NO3/c1-2-16-12(15)7-3-4-8-13-9-5-6-11(14)10-13/h11,14H,2-10H2,1H3. The minimum Gasteiger partial charge on any atom is -0.466 e. The Kier molecular flexibility index (Phi) is 6.42. The van der Waals surface area contributed by atoms with E-state index in [-0.39, 0.29) is 12.1 Å². The maximum Gasteiger partial charge on any atom is 0.305 e. The quantitative estimate of drug-likeness (QED) is 0.549. The van der Waals surface area contributed by atoms with Crippen LogP contribution in [0.1, 0.15) is 39.0 Å². The van der Waals surface area contributed by atoms with Crippen molar-refractivity contribution in [2.75, 3.05) is 26.2 Å². The van der Waals surface area contributed by atoms with E-state index < -0.39 is 0 Å². The van der Waals surface area contributed by atoms with Gasteiger partial charge in [0.1, 0.15) is 0 Å². The summed E-state index contributed by atoms with van der Waals surface area (Å²) in [5, 5.41) is 9.48. The van der Waals surface area contributed by atoms with Crippen LogP contribution in [0.25, 0.3) is 0 Å². The molecule has 0 aromatic carbocycles. The first-order valence-electron chi connectivity index (χ1n) is 6.28. The predicted octanol–water partition coefficient (Wildman–Crippen LogP) is 1.18. The molecule has 1 N–H and O–H groups in total. The smallest absolute Gasteiger partial charge is 0.305 e. The van der Waals surface area contributed by atoms with Crippen molar-refractivity contribution >= 4 is 5.97 Å². The highest BCUT2D eigenvalue weighted by Crippen LogP contribution is 2.10. The van der Waals surface area contributed by atoms with Crippen LogP contribution in [-0.2, 0) is 9.53 Å². The molecule has 1 rings (SSSR count). The van der Waals surface area contributed by atoms with Gasteiger partial charge in [0.25, 0.3) is 0 Å². The normalized spacial score (nSPS) is 22.0. The number of carbonyl (C=O) groups is 1. The van der Waals surface area contributed by atoms with Gasteiger partial charge in [-0.25, -0.2) is 0 Å². The lowest BCUT2D eigenvalue weighted by Gasteiger charge is -2.29. The largest absolute Gasteiger partial charge is 0.466 e. The summed E-state index contributed by atoms with van der Waals surface area (Å²) in [6.45, 7) is 5.15. The Morgan fingerprint density at radius 3 is 3.00 bits per heavy atom. The Morgan fingerprint density at radius 2 is 2.31 bits per heavy atom. The second kappa shape index (κ2) is 7.63. The fourth-order valence-corrected chi connectivity index (χ4v) is 2.07. The van der Waals surface area contributed by atoms with Gasteiger partial charge in [0.15, 0.2) is 0 Å². The SMILES string of the molecule is CCOC(=O)CCCCN1CCCC(O)C1. The average molecular weight is 229 g/mol. The number of hydrogen-bond acceptors (Lipinski definition) is 4. The number of esters is 1. The van der Waals surface area contributed by atoms with Gasteiger partial charge in [-0.05, 0) is 45.7 Å². The Balaban J connectivity index is 2.00. The van der Waals surface area contributed by atoms with Crippen LogP contribution in [0.15, 0.2) is 0 Å². The molecular weight excluding hydrogens is 206 g/mol. The van der Waals surface area contributed by atoms with Crippen LogP contribution in [0.2, 0.25) is 0 Å². The molecule has 0 bridgehead atoms. The highest BCUT2D eigenvalue weighted by molar-refractivity contribution is 5.69. The lowest BCUT2D eigenvalue weighted by atomic mass is 10.1. The number of piperidine rings is 1. The summed E-state index contributed by atoms with van der Waals surface area (Å²) in [6, 6.07) is 0. The third-order valence-corrected chi connectivity index (χ3v) is 2.89. The summed E-state index contributed by atoms with van der Waals surface area (Å²) in [6.07, 6.45) is 4.26. The molecule has 1 aliphatic rings. The first-order valence-corrected chi connectivity index (χ1v) is 6.28. The zero-order valence-corrected chi connectivity index (χ0v) is 10.2. The predicted molar refractivity (Wildman–Crippen MR) is 62.2 cm³/mol. The molecule has 0 saturated carbocycles. The molecular formula is C12H23NO3. The molecule has 0 amide bonds. The molecule has 1 saturated heterocycles. The summed E-state index contributed by atoms with van der Waals surface area (Å²) in [4.78, 5) is 13.3. The number of likely N-dealkylation sites (tertiary alicyclic amines) is 1. The van der Waals surface area contributed by atoms with Crippen LogP contribution in [0, 0.1) is 0 Å². The van der Waals surface area contributed by atoms with Crippen molar-refractivity contribution in [3.05, 3.63) is 0 Å². The van der Waals surface area contributed by atoms with Gasteiger partial charge in [-0.2, -0.15) is 0 Å². The fourth-order valence-electron chi connectivity index (χ4n) is 2.07. The third-order valence-electron chi connectivity index (χ3n) is 2.89. The molecule has 4 heteroatoms. The zero-order valence-electron chi connectivity index (χ0n) is 10.2. The summed E-state index contributed by atoms with van der Waals surface area (Å²) >= 11 is 0. The van der Waals surface area contributed by atoms with Gasteiger partial charge in [0.2, 0.25) is 0 Å². The number of β-amino-alcohol motifs (C(OH)–C–C–N with tert-alkyl or cyclic N) is 1. The van der Waals surface area contributed by atoms with Crippen LogP contribution >= 0.6 is 0 Å². The van der Waals surface area contributed by atoms with Crippen molar-refractivity contribution in [2.45, 2.75) is 45.1 Å². The molecule has 0 aromatic rings. The number of aliphatic hydroxyl groups excluding tert-OH is 1. The molecule has 94 valence electrons. The maximum absolute atomic E-state index is 11.1. The topological polar surface area (TPSA) is 49.8 Å². The minimum absolute atomic E-state index is 0.0961. The van der Waals surface area contributed by atoms with Gasteiger partial charge in [-0.3, -0.25) is 4.79 Å². The number of ether oxygens (including phenoxy) is 1. The minimum atomic E-state index is -0.154. The van der Waals surface area contributed by atoms with Crippen molar-refractivity contribution in [3.63, 3.8) is 0 Å². The van der Waals surface area contributed by atoms with Crippen LogP contribution in [0.4, 0.5) is 0 Å². The van der Waals surface area contributed by atoms with E-state index >= 15 is 0 Å². The Hall–Kier alpha value is -0.610. The Labute approximate surface area is 97.6 Å². The van der Waals surface area contributed by atoms with Gasteiger partial charge in [-0.15, -0.1) is 0 Å². The Bertz CT molecular complexity index is 208. The second-order valence-corrected chi connectivity index (χ2v) is 4.36. The molecule has 0 aromatic heterocycles. The number of carbonyl (C=O) groups excluding carboxylic acids is 1. The number of nitrogens with zero attached hydrogens (tertiary/aromatic N) is 1. The number of aliphatic hydroxyl groups is 1. The highest BCUT2D eigenvalue weighted by Gasteiger charge is 2.16. The van der Waals surface area contributed by atoms with E-state index in [2.05, 4.69) is 4.90 Å². The summed E-state index contributed by atoms with van der Waals surface area (Å²) < 4.78 is 4.86. The van der Waals surface area contributed by atoms with Crippen molar-refractivity contribution < 1.29 is 14.6 Å². The van der Waals surface area contributed by atoms with E-state index in [9.17, 15) is 9.90 Å². The lowest BCUT2D eigenvalue weighted by Crippen LogP contribution is -2.38. The van der Waals surface area contributed by atoms with E-state index in [1.165, 1.54) is 0 Å². The molecule has 16 heavy (non-hydrogen) atoms. The van der Waals surface area contributed by atoms with Crippen molar-refractivity contribution in [3.8, 4) is 0 Å². The maximum atomic E-state index is 11.1. The monoisotopic (exact) mass is 229 g/mol. The van der Waals surface area contributed by atoms with Crippen molar-refractivity contribution in [1.82, 2.24) is 4.90 Å². The summed E-state index contributed by atoms with van der Waals surface area (Å²) in [7, 11) is 0. The fraction of sp³-hybridized carbons (Fsp3) is 0.917.